The van der Waals surface area contributed by atoms with Crippen LogP contribution in [0.15, 0.2) is 24.3 Å². The molecule has 0 aromatic carbocycles. The van der Waals surface area contributed by atoms with Crippen molar-refractivity contribution in [2.45, 2.75) is 366 Å². The van der Waals surface area contributed by atoms with Gasteiger partial charge in [0.15, 0.2) is 0 Å². The lowest BCUT2D eigenvalue weighted by Gasteiger charge is -2.22. The van der Waals surface area contributed by atoms with Crippen molar-refractivity contribution >= 4 is 11.9 Å². The molecule has 0 fully saturated rings. The summed E-state index contributed by atoms with van der Waals surface area (Å²) in [5.41, 5.74) is 0. The maximum atomic E-state index is 12.5. The van der Waals surface area contributed by atoms with E-state index in [0.29, 0.717) is 25.9 Å². The van der Waals surface area contributed by atoms with Gasteiger partial charge >= 0.3 is 5.97 Å². The first-order chi connectivity index (χ1) is 35.0. The minimum atomic E-state index is -0.684. The predicted octanol–water partition coefficient (Wildman–Crippen LogP) is 20.2. The number of amides is 1. The van der Waals surface area contributed by atoms with Gasteiger partial charge in [0.25, 0.3) is 0 Å². The first kappa shape index (κ1) is 69.3. The van der Waals surface area contributed by atoms with Gasteiger partial charge < -0.3 is 20.3 Å². The smallest absolute Gasteiger partial charge is 0.305 e. The molecule has 0 spiro atoms. The zero-order chi connectivity index (χ0) is 51.4. The second-order valence-corrected chi connectivity index (χ2v) is 22.1. The summed E-state index contributed by atoms with van der Waals surface area (Å²) in [4.78, 5) is 24.6. The third-order valence-electron chi connectivity index (χ3n) is 15.0. The third-order valence-corrected chi connectivity index (χ3v) is 15.0. The van der Waals surface area contributed by atoms with Crippen molar-refractivity contribution in [1.82, 2.24) is 5.32 Å². The molecule has 3 N–H and O–H groups in total. The van der Waals surface area contributed by atoms with Gasteiger partial charge in [-0.05, 0) is 77.0 Å². The normalized spacial score (nSPS) is 12.7. The highest BCUT2D eigenvalue weighted by Crippen LogP contribution is 2.18. The molecule has 0 aromatic rings. The van der Waals surface area contributed by atoms with Gasteiger partial charge in [0.1, 0.15) is 0 Å². The second kappa shape index (κ2) is 60.9. The Bertz CT molecular complexity index is 1110. The molecule has 0 heterocycles. The van der Waals surface area contributed by atoms with Crippen LogP contribution < -0.4 is 5.32 Å². The van der Waals surface area contributed by atoms with Crippen LogP contribution >= 0.6 is 0 Å². The summed E-state index contributed by atoms with van der Waals surface area (Å²) in [6.07, 6.45) is 74.8. The summed E-state index contributed by atoms with van der Waals surface area (Å²) in [6.45, 7) is 4.90. The maximum Gasteiger partial charge on any atom is 0.305 e. The lowest BCUT2D eigenvalue weighted by atomic mass is 10.0. The Morgan fingerprint density at radius 2 is 0.662 bits per heavy atom. The van der Waals surface area contributed by atoms with Crippen LogP contribution in [0, 0.1) is 0 Å². The molecule has 0 bridgehead atoms. The maximum absolute atomic E-state index is 12.5. The van der Waals surface area contributed by atoms with Crippen LogP contribution in [0.1, 0.15) is 354 Å². The SMILES string of the molecule is CCCCCCCC/C=C\CCCCCCCCCCCC(=O)OCCCC/C=C\CCCCCCCC(=O)NC(CO)C(O)CCCCCCCCCCCCCCCCCCCCCCCCCC. The molecule has 1 amide bonds. The van der Waals surface area contributed by atoms with Gasteiger partial charge in [-0.2, -0.15) is 0 Å². The Morgan fingerprint density at radius 1 is 0.380 bits per heavy atom. The summed E-state index contributed by atoms with van der Waals surface area (Å²) in [5, 5.41) is 23.4. The number of hydrogen-bond donors (Lipinski definition) is 3. The van der Waals surface area contributed by atoms with Crippen LogP contribution in [0.5, 0.6) is 0 Å². The molecular weight excluding hydrogens is 875 g/mol. The number of rotatable bonds is 60. The summed E-state index contributed by atoms with van der Waals surface area (Å²) < 4.78 is 5.46. The summed E-state index contributed by atoms with van der Waals surface area (Å²) in [7, 11) is 0. The highest BCUT2D eigenvalue weighted by Gasteiger charge is 2.20. The molecule has 71 heavy (non-hydrogen) atoms. The molecule has 0 aliphatic rings. The summed E-state index contributed by atoms with van der Waals surface area (Å²) in [6, 6.07) is -0.564. The monoisotopic (exact) mass is 1000 g/mol. The number of nitrogens with one attached hydrogen (secondary N) is 1. The van der Waals surface area contributed by atoms with E-state index >= 15 is 0 Å². The van der Waals surface area contributed by atoms with Gasteiger partial charge in [0, 0.05) is 12.8 Å². The van der Waals surface area contributed by atoms with Crippen LogP contribution in [0.3, 0.4) is 0 Å². The van der Waals surface area contributed by atoms with Gasteiger partial charge in [-0.15, -0.1) is 0 Å². The zero-order valence-corrected chi connectivity index (χ0v) is 48.0. The van der Waals surface area contributed by atoms with Crippen molar-refractivity contribution in [1.29, 1.82) is 0 Å². The standard InChI is InChI=1S/C65H125NO5/c1-3-5-7-9-11-13-15-17-19-21-23-24-25-26-27-29-30-32-34-37-41-45-49-53-57-63(68)62(61-67)66-64(69)58-54-50-46-42-38-36-40-44-48-52-56-60-71-65(70)59-55-51-47-43-39-35-33-31-28-22-20-18-16-14-12-10-8-6-4-2/h18,20,40,44,62-63,67-68H,3-17,19,21-39,41-43,45-61H2,1-2H3,(H,66,69)/b20-18-,44-40-. The molecule has 2 unspecified atom stereocenters. The Kier molecular flexibility index (Phi) is 59.5. The van der Waals surface area contributed by atoms with Gasteiger partial charge in [0.2, 0.25) is 5.91 Å². The number of carbonyl (C=O) groups excluding carboxylic acids is 2. The predicted molar refractivity (Wildman–Crippen MR) is 310 cm³/mol. The highest BCUT2D eigenvalue weighted by atomic mass is 16.5. The van der Waals surface area contributed by atoms with Gasteiger partial charge in [-0.25, -0.2) is 0 Å². The van der Waals surface area contributed by atoms with E-state index in [1.54, 1.807) is 0 Å². The van der Waals surface area contributed by atoms with Crippen molar-refractivity contribution < 1.29 is 24.5 Å². The number of unbranched alkanes of at least 4 members (excludes halogenated alkanes) is 45. The van der Waals surface area contributed by atoms with E-state index in [2.05, 4.69) is 43.5 Å². The Hall–Kier alpha value is -1.66. The fraction of sp³-hybridized carbons (Fsp3) is 0.908. The highest BCUT2D eigenvalue weighted by molar-refractivity contribution is 5.76. The number of aliphatic hydroxyl groups is 2. The van der Waals surface area contributed by atoms with E-state index < -0.39 is 12.1 Å². The van der Waals surface area contributed by atoms with Crippen molar-refractivity contribution in [3.8, 4) is 0 Å². The van der Waals surface area contributed by atoms with Crippen molar-refractivity contribution in [2.75, 3.05) is 13.2 Å². The Morgan fingerprint density at radius 3 is 1.00 bits per heavy atom. The van der Waals surface area contributed by atoms with Crippen molar-refractivity contribution in [3.63, 3.8) is 0 Å². The topological polar surface area (TPSA) is 95.9 Å². The van der Waals surface area contributed by atoms with E-state index in [0.717, 1.165) is 83.5 Å². The van der Waals surface area contributed by atoms with E-state index in [1.165, 1.54) is 238 Å². The minimum absolute atomic E-state index is 0.0304. The van der Waals surface area contributed by atoms with Crippen LogP contribution in [0.2, 0.25) is 0 Å². The lowest BCUT2D eigenvalue weighted by molar-refractivity contribution is -0.143. The molecule has 2 atom stereocenters. The molecule has 0 saturated heterocycles. The molecule has 6 nitrogen and oxygen atoms in total. The first-order valence-corrected chi connectivity index (χ1v) is 32.1. The average molecular weight is 1000 g/mol. The van der Waals surface area contributed by atoms with Crippen LogP contribution in [-0.4, -0.2) is 47.4 Å². The molecule has 0 aliphatic heterocycles. The summed E-state index contributed by atoms with van der Waals surface area (Å²) >= 11 is 0. The fourth-order valence-corrected chi connectivity index (χ4v) is 10.0. The lowest BCUT2D eigenvalue weighted by Crippen LogP contribution is -2.45. The number of aliphatic hydroxyl groups excluding tert-OH is 2. The van der Waals surface area contributed by atoms with Gasteiger partial charge in [-0.1, -0.05) is 289 Å². The van der Waals surface area contributed by atoms with Gasteiger partial charge in [0.05, 0.1) is 25.4 Å². The van der Waals surface area contributed by atoms with E-state index in [4.69, 9.17) is 4.74 Å². The number of allylic oxidation sites excluding steroid dienone is 4. The number of carbonyl (C=O) groups is 2. The van der Waals surface area contributed by atoms with Crippen LogP contribution in [0.4, 0.5) is 0 Å². The molecule has 0 aliphatic carbocycles. The van der Waals surface area contributed by atoms with E-state index in [9.17, 15) is 19.8 Å². The molecule has 0 saturated carbocycles. The van der Waals surface area contributed by atoms with Gasteiger partial charge in [-0.3, -0.25) is 9.59 Å². The van der Waals surface area contributed by atoms with Crippen molar-refractivity contribution in [3.05, 3.63) is 24.3 Å². The quantitative estimate of drug-likeness (QED) is 0.0320. The Labute approximate surface area is 443 Å². The van der Waals surface area contributed by atoms with E-state index in [1.807, 2.05) is 0 Å². The average Bonchev–Trinajstić information content (AvgIpc) is 3.37. The molecule has 6 heteroatoms. The fourth-order valence-electron chi connectivity index (χ4n) is 10.0. The summed E-state index contributed by atoms with van der Waals surface area (Å²) in [5.74, 6) is -0.0906. The largest absolute Gasteiger partial charge is 0.466 e. The molecular formula is C65H125NO5. The van der Waals surface area contributed by atoms with Crippen LogP contribution in [-0.2, 0) is 14.3 Å². The van der Waals surface area contributed by atoms with Crippen molar-refractivity contribution in [2.24, 2.45) is 0 Å². The second-order valence-electron chi connectivity index (χ2n) is 22.1. The first-order valence-electron chi connectivity index (χ1n) is 32.1. The number of ether oxygens (including phenoxy) is 1. The number of esters is 1. The van der Waals surface area contributed by atoms with Crippen LogP contribution in [0.25, 0.3) is 0 Å². The third kappa shape index (κ3) is 57.5. The van der Waals surface area contributed by atoms with E-state index in [-0.39, 0.29) is 18.5 Å². The molecule has 0 rings (SSSR count). The minimum Gasteiger partial charge on any atom is -0.466 e. The zero-order valence-electron chi connectivity index (χ0n) is 48.0. The number of hydrogen-bond acceptors (Lipinski definition) is 5. The molecule has 0 aromatic heterocycles. The Balaban J connectivity index is 3.47. The molecule has 0 radical (unpaired) electrons. The molecule has 420 valence electrons.